The molecule has 4 aromatic rings. The first kappa shape index (κ1) is 35.8. The molecule has 0 heterocycles. The van der Waals surface area contributed by atoms with Crippen LogP contribution in [0.5, 0.6) is 0 Å². The normalized spacial score (nSPS) is 14.6. The second-order valence-electron chi connectivity index (χ2n) is 12.4. The van der Waals surface area contributed by atoms with E-state index in [2.05, 4.69) is 66.3 Å². The monoisotopic (exact) mass is 721 g/mol. The summed E-state index contributed by atoms with van der Waals surface area (Å²) in [4.78, 5) is 13.2. The molecular weight excluding hydrogens is 678 g/mol. The van der Waals surface area contributed by atoms with Crippen molar-refractivity contribution >= 4 is 51.5 Å². The molecule has 0 unspecified atom stereocenters. The highest BCUT2D eigenvalue weighted by Gasteiger charge is 2.50. The average molecular weight is 723 g/mol. The Morgan fingerprint density at radius 3 is 1.91 bits per heavy atom. The predicted octanol–water partition coefficient (Wildman–Crippen LogP) is 6.49. The van der Waals surface area contributed by atoms with Gasteiger partial charge in [0, 0.05) is 16.3 Å². The lowest BCUT2D eigenvalue weighted by Gasteiger charge is -2.43. The van der Waals surface area contributed by atoms with Crippen molar-refractivity contribution in [3.63, 3.8) is 0 Å². The van der Waals surface area contributed by atoms with Gasteiger partial charge in [-0.05, 0) is 46.5 Å². The van der Waals surface area contributed by atoms with E-state index in [4.69, 9.17) is 9.16 Å². The Labute approximate surface area is 285 Å². The van der Waals surface area contributed by atoms with Crippen LogP contribution in [0.15, 0.2) is 120 Å². The lowest BCUT2D eigenvalue weighted by atomic mass is 10.1. The van der Waals surface area contributed by atoms with Gasteiger partial charge in [0.25, 0.3) is 8.32 Å². The summed E-state index contributed by atoms with van der Waals surface area (Å²) in [6, 6.07) is 36.8. The SMILES string of the molecule is Cc1ccc([S@@](=O)C[C@@H](O)[C@H](NC(=O)OCc2ccccc2)[C@H](Br)CCO[Si](c2ccccc2)(c2ccccc2)C(C)(C)C)cc1. The molecule has 0 aliphatic rings. The van der Waals surface area contributed by atoms with Gasteiger partial charge < -0.3 is 19.6 Å². The number of amides is 1. The third-order valence-electron chi connectivity index (χ3n) is 8.04. The fourth-order valence-corrected chi connectivity index (χ4v) is 12.0. The second-order valence-corrected chi connectivity index (χ2v) is 19.4. The Morgan fingerprint density at radius 1 is 0.870 bits per heavy atom. The summed E-state index contributed by atoms with van der Waals surface area (Å²) in [6.45, 7) is 9.10. The van der Waals surface area contributed by atoms with Crippen molar-refractivity contribution in [1.29, 1.82) is 0 Å². The third kappa shape index (κ3) is 9.26. The van der Waals surface area contributed by atoms with E-state index < -0.39 is 42.2 Å². The van der Waals surface area contributed by atoms with Gasteiger partial charge in [0.15, 0.2) is 0 Å². The van der Waals surface area contributed by atoms with Crippen LogP contribution < -0.4 is 15.7 Å². The number of rotatable bonds is 14. The van der Waals surface area contributed by atoms with Crippen molar-refractivity contribution in [2.75, 3.05) is 12.4 Å². The third-order valence-corrected chi connectivity index (χ3v) is 15.5. The van der Waals surface area contributed by atoms with E-state index in [1.54, 1.807) is 12.1 Å². The van der Waals surface area contributed by atoms with Gasteiger partial charge in [-0.1, -0.05) is 145 Å². The Balaban J connectivity index is 1.53. The molecule has 0 aliphatic carbocycles. The number of aliphatic hydroxyl groups excluding tert-OH is 1. The molecule has 6 nitrogen and oxygen atoms in total. The molecule has 9 heteroatoms. The van der Waals surface area contributed by atoms with Crippen LogP contribution in [0, 0.1) is 6.92 Å². The van der Waals surface area contributed by atoms with E-state index in [1.165, 1.54) is 10.4 Å². The Morgan fingerprint density at radius 2 is 1.39 bits per heavy atom. The Kier molecular flexibility index (Phi) is 12.9. The van der Waals surface area contributed by atoms with Crippen molar-refractivity contribution in [3.8, 4) is 0 Å². The van der Waals surface area contributed by atoms with Crippen LogP contribution in [0.1, 0.15) is 38.3 Å². The van der Waals surface area contributed by atoms with Crippen LogP contribution in [0.4, 0.5) is 4.79 Å². The molecule has 0 radical (unpaired) electrons. The first-order valence-corrected chi connectivity index (χ1v) is 19.6. The predicted molar refractivity (Wildman–Crippen MR) is 193 cm³/mol. The highest BCUT2D eigenvalue weighted by atomic mass is 79.9. The van der Waals surface area contributed by atoms with Crippen molar-refractivity contribution in [1.82, 2.24) is 5.32 Å². The van der Waals surface area contributed by atoms with Gasteiger partial charge in [0.1, 0.15) is 6.61 Å². The quantitative estimate of drug-likeness (QED) is 0.115. The van der Waals surface area contributed by atoms with Crippen LogP contribution >= 0.6 is 15.9 Å². The zero-order valence-corrected chi connectivity index (χ0v) is 30.3. The molecule has 0 aliphatic heterocycles. The Bertz CT molecular complexity index is 1500. The van der Waals surface area contributed by atoms with E-state index in [-0.39, 0.29) is 17.4 Å². The molecule has 0 saturated heterocycles. The maximum Gasteiger partial charge on any atom is 0.407 e. The highest BCUT2D eigenvalue weighted by molar-refractivity contribution is 9.09. The maximum absolute atomic E-state index is 13.2. The number of alkyl halides is 1. The van der Waals surface area contributed by atoms with Crippen molar-refractivity contribution in [3.05, 3.63) is 126 Å². The minimum absolute atomic E-state index is 0.0512. The fraction of sp³-hybridized carbons (Fsp3) is 0.324. The zero-order valence-electron chi connectivity index (χ0n) is 26.9. The van der Waals surface area contributed by atoms with E-state index in [9.17, 15) is 14.1 Å². The molecule has 0 fully saturated rings. The summed E-state index contributed by atoms with van der Waals surface area (Å²) in [6.07, 6.45) is -1.31. The van der Waals surface area contributed by atoms with E-state index in [1.807, 2.05) is 85.8 Å². The summed E-state index contributed by atoms with van der Waals surface area (Å²) in [7, 11) is -4.26. The van der Waals surface area contributed by atoms with Crippen LogP contribution in [0.25, 0.3) is 0 Å². The molecule has 0 bridgehead atoms. The van der Waals surface area contributed by atoms with Crippen molar-refractivity contribution in [2.24, 2.45) is 0 Å². The first-order valence-electron chi connectivity index (χ1n) is 15.5. The van der Waals surface area contributed by atoms with Crippen molar-refractivity contribution in [2.45, 2.75) is 67.6 Å². The molecule has 0 saturated carbocycles. The molecular formula is C37H44BrNO5SSi. The fourth-order valence-electron chi connectivity index (χ4n) is 5.64. The highest BCUT2D eigenvalue weighted by Crippen LogP contribution is 2.37. The number of aliphatic hydroxyl groups is 1. The Hall–Kier alpha value is -3.08. The average Bonchev–Trinajstić information content (AvgIpc) is 3.05. The summed E-state index contributed by atoms with van der Waals surface area (Å²) in [5.74, 6) is -0.0512. The number of carbonyl (C=O) groups excluding carboxylic acids is 1. The first-order chi connectivity index (χ1) is 22.0. The van der Waals surface area contributed by atoms with E-state index >= 15 is 0 Å². The number of aryl methyl sites for hydroxylation is 1. The van der Waals surface area contributed by atoms with Crippen LogP contribution in [-0.4, -0.2) is 53.1 Å². The van der Waals surface area contributed by atoms with Gasteiger partial charge in [-0.3, -0.25) is 4.21 Å². The lowest BCUT2D eigenvalue weighted by Crippen LogP contribution is -2.66. The minimum Gasteiger partial charge on any atom is -0.445 e. The molecule has 4 atom stereocenters. The molecule has 4 rings (SSSR count). The van der Waals surface area contributed by atoms with Crippen LogP contribution in [-0.2, 0) is 26.6 Å². The van der Waals surface area contributed by atoms with Gasteiger partial charge in [-0.15, -0.1) is 0 Å². The number of hydrogen-bond donors (Lipinski definition) is 2. The van der Waals surface area contributed by atoms with Gasteiger partial charge >= 0.3 is 6.09 Å². The molecule has 46 heavy (non-hydrogen) atoms. The summed E-state index contributed by atoms with van der Waals surface area (Å²) >= 11 is 3.76. The van der Waals surface area contributed by atoms with Crippen molar-refractivity contribution < 1.29 is 23.3 Å². The number of ether oxygens (including phenoxy) is 1. The van der Waals surface area contributed by atoms with Gasteiger partial charge in [-0.2, -0.15) is 0 Å². The second kappa shape index (κ2) is 16.7. The maximum atomic E-state index is 13.2. The van der Waals surface area contributed by atoms with Crippen LogP contribution in [0.3, 0.4) is 0 Å². The number of carbonyl (C=O) groups is 1. The summed E-state index contributed by atoms with van der Waals surface area (Å²) in [5, 5.41) is 16.4. The molecule has 4 aromatic carbocycles. The molecule has 0 aromatic heterocycles. The lowest BCUT2D eigenvalue weighted by molar-refractivity contribution is 0.108. The number of halogens is 1. The summed E-state index contributed by atoms with van der Waals surface area (Å²) < 4.78 is 25.8. The van der Waals surface area contributed by atoms with E-state index in [0.29, 0.717) is 17.9 Å². The number of alkyl carbamates (subject to hydrolysis) is 1. The van der Waals surface area contributed by atoms with Gasteiger partial charge in [0.05, 0.1) is 28.7 Å². The summed E-state index contributed by atoms with van der Waals surface area (Å²) in [5.41, 5.74) is 1.91. The zero-order chi connectivity index (χ0) is 33.2. The molecule has 244 valence electrons. The molecule has 0 spiro atoms. The largest absolute Gasteiger partial charge is 0.445 e. The van der Waals surface area contributed by atoms with Crippen LogP contribution in [0.2, 0.25) is 5.04 Å². The molecule has 2 N–H and O–H groups in total. The van der Waals surface area contributed by atoms with Gasteiger partial charge in [-0.25, -0.2) is 4.79 Å². The number of benzene rings is 4. The van der Waals surface area contributed by atoms with E-state index in [0.717, 1.165) is 11.1 Å². The number of hydrogen-bond acceptors (Lipinski definition) is 5. The standard InChI is InChI=1S/C37H44BrNO5SSi/c1-28-20-22-30(23-21-28)45(42)27-34(40)35(39-36(41)43-26-29-14-8-5-9-15-29)33(38)24-25-44-46(37(2,3)4,31-16-10-6-11-17-31)32-18-12-7-13-19-32/h5-23,33-35,40H,24-27H2,1-4H3,(H,39,41)/t33-,34-,35-,45+/m1/s1. The topological polar surface area (TPSA) is 84.9 Å². The molecule has 1 amide bonds. The smallest absolute Gasteiger partial charge is 0.407 e. The minimum atomic E-state index is -2.78. The van der Waals surface area contributed by atoms with Gasteiger partial charge in [0.2, 0.25) is 0 Å². The number of nitrogens with one attached hydrogen (secondary N) is 1.